The third-order valence-corrected chi connectivity index (χ3v) is 3.82. The van der Waals surface area contributed by atoms with Crippen LogP contribution in [0.5, 0.6) is 0 Å². The standard InChI is InChI=1S/C11H21NO/c1-9-3-4-10-5-8-13-11(10,2)6-7-12-9/h9-10,12H,3-8H2,1-2H3. The number of hydrogen-bond donors (Lipinski definition) is 1. The van der Waals surface area contributed by atoms with Crippen molar-refractivity contribution in [3.05, 3.63) is 0 Å². The normalized spacial score (nSPS) is 46.6. The topological polar surface area (TPSA) is 21.3 Å². The zero-order valence-corrected chi connectivity index (χ0v) is 8.81. The minimum absolute atomic E-state index is 0.188. The van der Waals surface area contributed by atoms with Gasteiger partial charge in [-0.1, -0.05) is 0 Å². The summed E-state index contributed by atoms with van der Waals surface area (Å²) in [5.41, 5.74) is 0.188. The van der Waals surface area contributed by atoms with Crippen molar-refractivity contribution in [1.29, 1.82) is 0 Å². The van der Waals surface area contributed by atoms with Crippen molar-refractivity contribution < 1.29 is 4.74 Å². The molecule has 13 heavy (non-hydrogen) atoms. The Balaban J connectivity index is 2.01. The van der Waals surface area contributed by atoms with Gasteiger partial charge in [-0.2, -0.15) is 0 Å². The van der Waals surface area contributed by atoms with Gasteiger partial charge in [0.05, 0.1) is 5.60 Å². The lowest BCUT2D eigenvalue weighted by atomic mass is 9.81. The van der Waals surface area contributed by atoms with E-state index in [0.29, 0.717) is 6.04 Å². The molecule has 0 aliphatic carbocycles. The first-order valence-electron chi connectivity index (χ1n) is 5.58. The van der Waals surface area contributed by atoms with Gasteiger partial charge in [0.25, 0.3) is 0 Å². The maximum absolute atomic E-state index is 5.88. The van der Waals surface area contributed by atoms with Crippen molar-refractivity contribution in [2.45, 2.75) is 51.2 Å². The molecule has 0 bridgehead atoms. The fraction of sp³-hybridized carbons (Fsp3) is 1.00. The van der Waals surface area contributed by atoms with E-state index >= 15 is 0 Å². The van der Waals surface area contributed by atoms with Crippen LogP contribution >= 0.6 is 0 Å². The Labute approximate surface area is 81.0 Å². The molecule has 0 aromatic carbocycles. The van der Waals surface area contributed by atoms with Crippen LogP contribution in [0.15, 0.2) is 0 Å². The minimum Gasteiger partial charge on any atom is -0.375 e. The van der Waals surface area contributed by atoms with Crippen LogP contribution in [0.2, 0.25) is 0 Å². The van der Waals surface area contributed by atoms with Crippen molar-refractivity contribution >= 4 is 0 Å². The van der Waals surface area contributed by atoms with Crippen LogP contribution in [0.1, 0.15) is 39.5 Å². The molecule has 2 heteroatoms. The van der Waals surface area contributed by atoms with Gasteiger partial charge in [0.1, 0.15) is 0 Å². The van der Waals surface area contributed by atoms with E-state index in [-0.39, 0.29) is 5.60 Å². The Bertz CT molecular complexity index is 183. The summed E-state index contributed by atoms with van der Waals surface area (Å²) in [6, 6.07) is 0.699. The highest BCUT2D eigenvalue weighted by Gasteiger charge is 2.40. The molecule has 0 spiro atoms. The molecule has 2 nitrogen and oxygen atoms in total. The number of rotatable bonds is 0. The predicted molar refractivity (Wildman–Crippen MR) is 53.8 cm³/mol. The van der Waals surface area contributed by atoms with Crippen LogP contribution in [-0.4, -0.2) is 24.8 Å². The summed E-state index contributed by atoms with van der Waals surface area (Å²) < 4.78 is 5.88. The van der Waals surface area contributed by atoms with Crippen LogP contribution in [0.25, 0.3) is 0 Å². The second-order valence-corrected chi connectivity index (χ2v) is 4.83. The molecular weight excluding hydrogens is 162 g/mol. The van der Waals surface area contributed by atoms with E-state index in [9.17, 15) is 0 Å². The highest BCUT2D eigenvalue weighted by atomic mass is 16.5. The van der Waals surface area contributed by atoms with Gasteiger partial charge in [-0.15, -0.1) is 0 Å². The van der Waals surface area contributed by atoms with E-state index in [1.54, 1.807) is 0 Å². The largest absolute Gasteiger partial charge is 0.375 e. The van der Waals surface area contributed by atoms with Crippen molar-refractivity contribution in [2.24, 2.45) is 5.92 Å². The molecule has 3 atom stereocenters. The average Bonchev–Trinajstić information content (AvgIpc) is 2.41. The quantitative estimate of drug-likeness (QED) is 0.619. The third-order valence-electron chi connectivity index (χ3n) is 3.82. The summed E-state index contributed by atoms with van der Waals surface area (Å²) in [4.78, 5) is 0. The van der Waals surface area contributed by atoms with Crippen LogP contribution < -0.4 is 5.32 Å². The number of ether oxygens (including phenoxy) is 1. The second kappa shape index (κ2) is 3.58. The van der Waals surface area contributed by atoms with Crippen molar-refractivity contribution in [3.63, 3.8) is 0 Å². The molecule has 0 aromatic heterocycles. The van der Waals surface area contributed by atoms with Gasteiger partial charge in [-0.3, -0.25) is 0 Å². The summed E-state index contributed by atoms with van der Waals surface area (Å²) in [6.45, 7) is 6.69. The molecular formula is C11H21NO. The first-order chi connectivity index (χ1) is 6.21. The van der Waals surface area contributed by atoms with Crippen LogP contribution in [0, 0.1) is 5.92 Å². The van der Waals surface area contributed by atoms with E-state index in [0.717, 1.165) is 19.1 Å². The molecule has 2 fully saturated rings. The maximum atomic E-state index is 5.88. The van der Waals surface area contributed by atoms with Gasteiger partial charge < -0.3 is 10.1 Å². The molecule has 0 radical (unpaired) electrons. The number of hydrogen-bond acceptors (Lipinski definition) is 2. The van der Waals surface area contributed by atoms with Gasteiger partial charge in [0.15, 0.2) is 0 Å². The molecule has 2 aliphatic rings. The van der Waals surface area contributed by atoms with Crippen molar-refractivity contribution in [3.8, 4) is 0 Å². The van der Waals surface area contributed by atoms with Gasteiger partial charge in [0.2, 0.25) is 0 Å². The van der Waals surface area contributed by atoms with E-state index in [2.05, 4.69) is 19.2 Å². The Kier molecular flexibility index (Phi) is 2.61. The van der Waals surface area contributed by atoms with E-state index in [4.69, 9.17) is 4.74 Å². The van der Waals surface area contributed by atoms with Gasteiger partial charge in [-0.05, 0) is 52.0 Å². The molecule has 3 unspecified atom stereocenters. The lowest BCUT2D eigenvalue weighted by molar-refractivity contribution is -0.0186. The molecule has 0 amide bonds. The zero-order chi connectivity index (χ0) is 9.31. The highest BCUT2D eigenvalue weighted by Crippen LogP contribution is 2.38. The van der Waals surface area contributed by atoms with Gasteiger partial charge in [-0.25, -0.2) is 0 Å². The molecule has 76 valence electrons. The second-order valence-electron chi connectivity index (χ2n) is 4.83. The Morgan fingerprint density at radius 2 is 2.15 bits per heavy atom. The average molecular weight is 183 g/mol. The lowest BCUT2D eigenvalue weighted by Gasteiger charge is -2.34. The highest BCUT2D eigenvalue weighted by molar-refractivity contribution is 4.91. The van der Waals surface area contributed by atoms with Gasteiger partial charge in [0, 0.05) is 12.6 Å². The molecule has 2 aliphatic heterocycles. The molecule has 1 N–H and O–H groups in total. The maximum Gasteiger partial charge on any atom is 0.0695 e. The fourth-order valence-corrected chi connectivity index (χ4v) is 2.70. The zero-order valence-electron chi connectivity index (χ0n) is 8.81. The van der Waals surface area contributed by atoms with Crippen molar-refractivity contribution in [1.82, 2.24) is 5.32 Å². The molecule has 2 rings (SSSR count). The first-order valence-corrected chi connectivity index (χ1v) is 5.58. The van der Waals surface area contributed by atoms with Crippen LogP contribution in [0.3, 0.4) is 0 Å². The van der Waals surface area contributed by atoms with Crippen LogP contribution in [-0.2, 0) is 4.74 Å². The Morgan fingerprint density at radius 3 is 3.00 bits per heavy atom. The molecule has 0 saturated carbocycles. The third kappa shape index (κ3) is 1.89. The molecule has 0 aromatic rings. The summed E-state index contributed by atoms with van der Waals surface area (Å²) in [6.07, 6.45) is 5.11. The fourth-order valence-electron chi connectivity index (χ4n) is 2.70. The summed E-state index contributed by atoms with van der Waals surface area (Å²) in [5, 5.41) is 3.54. The molecule has 2 heterocycles. The van der Waals surface area contributed by atoms with Gasteiger partial charge >= 0.3 is 0 Å². The summed E-state index contributed by atoms with van der Waals surface area (Å²) in [7, 11) is 0. The first kappa shape index (κ1) is 9.47. The molecule has 2 saturated heterocycles. The number of nitrogens with one attached hydrogen (secondary N) is 1. The van der Waals surface area contributed by atoms with E-state index in [1.165, 1.54) is 25.7 Å². The minimum atomic E-state index is 0.188. The summed E-state index contributed by atoms with van der Waals surface area (Å²) >= 11 is 0. The smallest absolute Gasteiger partial charge is 0.0695 e. The Hall–Kier alpha value is -0.0800. The van der Waals surface area contributed by atoms with E-state index in [1.807, 2.05) is 0 Å². The Morgan fingerprint density at radius 1 is 1.31 bits per heavy atom. The predicted octanol–water partition coefficient (Wildman–Crippen LogP) is 1.94. The van der Waals surface area contributed by atoms with Crippen LogP contribution in [0.4, 0.5) is 0 Å². The summed E-state index contributed by atoms with van der Waals surface area (Å²) in [5.74, 6) is 0.817. The number of fused-ring (bicyclic) bond motifs is 1. The monoisotopic (exact) mass is 183 g/mol. The van der Waals surface area contributed by atoms with E-state index < -0.39 is 0 Å². The SMILES string of the molecule is CC1CCC2CCOC2(C)CCN1. The van der Waals surface area contributed by atoms with Crippen molar-refractivity contribution in [2.75, 3.05) is 13.2 Å². The lowest BCUT2D eigenvalue weighted by Crippen LogP contribution is -2.41.